The molecule has 3 rings (SSSR count). The summed E-state index contributed by atoms with van der Waals surface area (Å²) in [7, 11) is 0. The molecule has 4 nitrogen and oxygen atoms in total. The molecule has 1 aliphatic rings. The molecule has 1 aromatic carbocycles. The van der Waals surface area contributed by atoms with Crippen LogP contribution in [0.4, 0.5) is 0 Å². The minimum atomic E-state index is 0.202. The predicted molar refractivity (Wildman–Crippen MR) is 73.4 cm³/mol. The minimum absolute atomic E-state index is 0.202. The highest BCUT2D eigenvalue weighted by Gasteiger charge is 2.14. The van der Waals surface area contributed by atoms with Gasteiger partial charge < -0.3 is 5.11 Å². The van der Waals surface area contributed by atoms with E-state index in [1.54, 1.807) is 0 Å². The third-order valence-electron chi connectivity index (χ3n) is 3.75. The molecule has 0 saturated heterocycles. The first-order chi connectivity index (χ1) is 9.38. The van der Waals surface area contributed by atoms with E-state index in [0.717, 1.165) is 25.0 Å². The highest BCUT2D eigenvalue weighted by atomic mass is 16.2. The Bertz CT molecular complexity index is 562. The summed E-state index contributed by atoms with van der Waals surface area (Å²) in [6.07, 6.45) is 8.37. The van der Waals surface area contributed by atoms with Gasteiger partial charge in [-0.05, 0) is 55.7 Å². The van der Waals surface area contributed by atoms with Crippen LogP contribution in [0.2, 0.25) is 0 Å². The van der Waals surface area contributed by atoms with Gasteiger partial charge in [0.05, 0.1) is 17.6 Å². The van der Waals surface area contributed by atoms with E-state index in [2.05, 4.69) is 28.5 Å². The van der Waals surface area contributed by atoms with E-state index >= 15 is 0 Å². The molecule has 0 saturated carbocycles. The van der Waals surface area contributed by atoms with Gasteiger partial charge in [0, 0.05) is 6.61 Å². The lowest BCUT2D eigenvalue weighted by Gasteiger charge is -2.18. The number of aliphatic hydroxyl groups excluding tert-OH is 1. The summed E-state index contributed by atoms with van der Waals surface area (Å²) in [5, 5.41) is 17.3. The molecule has 0 bridgehead atoms. The van der Waals surface area contributed by atoms with Crippen molar-refractivity contribution >= 4 is 0 Å². The zero-order chi connectivity index (χ0) is 13.1. The third kappa shape index (κ3) is 2.54. The van der Waals surface area contributed by atoms with Crippen LogP contribution in [-0.2, 0) is 19.3 Å². The predicted octanol–water partition coefficient (Wildman–Crippen LogP) is 2.07. The average molecular weight is 257 g/mol. The van der Waals surface area contributed by atoms with Crippen molar-refractivity contribution in [2.45, 2.75) is 38.5 Å². The van der Waals surface area contributed by atoms with Gasteiger partial charge in [-0.3, -0.25) is 0 Å². The second kappa shape index (κ2) is 5.53. The first-order valence-electron chi connectivity index (χ1n) is 7.01. The van der Waals surface area contributed by atoms with E-state index in [-0.39, 0.29) is 6.61 Å². The van der Waals surface area contributed by atoms with E-state index in [0.29, 0.717) is 0 Å². The SMILES string of the molecule is OCCCc1cn(-c2cccc3c2CCCC3)nn1. The van der Waals surface area contributed by atoms with Crippen molar-refractivity contribution in [3.63, 3.8) is 0 Å². The largest absolute Gasteiger partial charge is 0.396 e. The van der Waals surface area contributed by atoms with E-state index in [9.17, 15) is 0 Å². The van der Waals surface area contributed by atoms with Gasteiger partial charge in [-0.25, -0.2) is 4.68 Å². The van der Waals surface area contributed by atoms with Gasteiger partial charge in [-0.15, -0.1) is 5.10 Å². The smallest absolute Gasteiger partial charge is 0.0832 e. The molecule has 4 heteroatoms. The van der Waals surface area contributed by atoms with Gasteiger partial charge >= 0.3 is 0 Å². The monoisotopic (exact) mass is 257 g/mol. The molecule has 2 aromatic rings. The number of hydrogen-bond acceptors (Lipinski definition) is 3. The molecule has 1 N–H and O–H groups in total. The Kier molecular flexibility index (Phi) is 3.60. The molecule has 1 aromatic heterocycles. The summed E-state index contributed by atoms with van der Waals surface area (Å²) in [5.74, 6) is 0. The molecule has 0 amide bonds. The Morgan fingerprint density at radius 2 is 2.11 bits per heavy atom. The van der Waals surface area contributed by atoms with Crippen molar-refractivity contribution in [3.05, 3.63) is 41.2 Å². The lowest BCUT2D eigenvalue weighted by Crippen LogP contribution is -2.08. The molecule has 0 fully saturated rings. The zero-order valence-corrected chi connectivity index (χ0v) is 11.0. The van der Waals surface area contributed by atoms with Gasteiger partial charge in [-0.1, -0.05) is 17.3 Å². The number of hydrogen-bond donors (Lipinski definition) is 1. The summed E-state index contributed by atoms with van der Waals surface area (Å²) in [4.78, 5) is 0. The van der Waals surface area contributed by atoms with Crippen LogP contribution in [0.3, 0.4) is 0 Å². The van der Waals surface area contributed by atoms with Crippen molar-refractivity contribution in [1.29, 1.82) is 0 Å². The van der Waals surface area contributed by atoms with Crippen LogP contribution >= 0.6 is 0 Å². The summed E-state index contributed by atoms with van der Waals surface area (Å²) in [6, 6.07) is 6.45. The van der Waals surface area contributed by atoms with Gasteiger partial charge in [0.15, 0.2) is 0 Å². The van der Waals surface area contributed by atoms with Gasteiger partial charge in [0.1, 0.15) is 0 Å². The quantitative estimate of drug-likeness (QED) is 0.912. The van der Waals surface area contributed by atoms with Crippen LogP contribution in [-0.4, -0.2) is 26.7 Å². The number of benzene rings is 1. The van der Waals surface area contributed by atoms with Crippen molar-refractivity contribution in [2.24, 2.45) is 0 Å². The summed E-state index contributed by atoms with van der Waals surface area (Å²) in [6.45, 7) is 0.202. The van der Waals surface area contributed by atoms with Gasteiger partial charge in [0.25, 0.3) is 0 Å². The second-order valence-corrected chi connectivity index (χ2v) is 5.10. The second-order valence-electron chi connectivity index (χ2n) is 5.10. The van der Waals surface area contributed by atoms with Crippen LogP contribution in [0.1, 0.15) is 36.1 Å². The van der Waals surface area contributed by atoms with E-state index < -0.39 is 0 Å². The maximum Gasteiger partial charge on any atom is 0.0832 e. The van der Waals surface area contributed by atoms with Crippen molar-refractivity contribution in [2.75, 3.05) is 6.61 Å². The fourth-order valence-electron chi connectivity index (χ4n) is 2.77. The van der Waals surface area contributed by atoms with Crippen molar-refractivity contribution in [1.82, 2.24) is 15.0 Å². The number of aromatic nitrogens is 3. The lowest BCUT2D eigenvalue weighted by molar-refractivity contribution is 0.288. The fraction of sp³-hybridized carbons (Fsp3) is 0.467. The first-order valence-corrected chi connectivity index (χ1v) is 7.01. The topological polar surface area (TPSA) is 50.9 Å². The number of rotatable bonds is 4. The molecule has 1 aliphatic carbocycles. The first kappa shape index (κ1) is 12.4. The summed E-state index contributed by atoms with van der Waals surface area (Å²) >= 11 is 0. The molecule has 0 aliphatic heterocycles. The Morgan fingerprint density at radius 3 is 3.00 bits per heavy atom. The van der Waals surface area contributed by atoms with E-state index in [1.807, 2.05) is 10.9 Å². The Morgan fingerprint density at radius 1 is 1.21 bits per heavy atom. The van der Waals surface area contributed by atoms with Gasteiger partial charge in [0.2, 0.25) is 0 Å². The molecular weight excluding hydrogens is 238 g/mol. The van der Waals surface area contributed by atoms with Crippen LogP contribution in [0.5, 0.6) is 0 Å². The molecule has 19 heavy (non-hydrogen) atoms. The highest BCUT2D eigenvalue weighted by Crippen LogP contribution is 2.26. The normalized spacial score (nSPS) is 14.4. The van der Waals surface area contributed by atoms with Crippen LogP contribution in [0, 0.1) is 0 Å². The zero-order valence-electron chi connectivity index (χ0n) is 11.0. The number of nitrogens with zero attached hydrogens (tertiary/aromatic N) is 3. The molecule has 0 radical (unpaired) electrons. The van der Waals surface area contributed by atoms with Gasteiger partial charge in [-0.2, -0.15) is 0 Å². The molecular formula is C15H19N3O. The molecule has 0 atom stereocenters. The Balaban J connectivity index is 1.91. The lowest BCUT2D eigenvalue weighted by atomic mass is 9.90. The standard InChI is InChI=1S/C15H19N3O/c19-10-4-7-13-11-18(17-16-13)15-9-3-6-12-5-1-2-8-14(12)15/h3,6,9,11,19H,1-2,4-5,7-8,10H2. The molecule has 0 unspecified atom stereocenters. The Labute approximate surface area is 113 Å². The average Bonchev–Trinajstić information content (AvgIpc) is 2.93. The van der Waals surface area contributed by atoms with E-state index in [4.69, 9.17) is 5.11 Å². The molecule has 100 valence electrons. The van der Waals surface area contributed by atoms with Crippen LogP contribution in [0.15, 0.2) is 24.4 Å². The van der Waals surface area contributed by atoms with Crippen molar-refractivity contribution in [3.8, 4) is 5.69 Å². The highest BCUT2D eigenvalue weighted by molar-refractivity contribution is 5.46. The molecule has 1 heterocycles. The van der Waals surface area contributed by atoms with Crippen LogP contribution < -0.4 is 0 Å². The maximum absolute atomic E-state index is 8.85. The minimum Gasteiger partial charge on any atom is -0.396 e. The maximum atomic E-state index is 8.85. The third-order valence-corrected chi connectivity index (χ3v) is 3.75. The Hall–Kier alpha value is -1.68. The van der Waals surface area contributed by atoms with E-state index in [1.165, 1.54) is 36.1 Å². The fourth-order valence-corrected chi connectivity index (χ4v) is 2.77. The number of aryl methyl sites for hydroxylation is 2. The number of aliphatic hydroxyl groups is 1. The van der Waals surface area contributed by atoms with Crippen molar-refractivity contribution < 1.29 is 5.11 Å². The summed E-state index contributed by atoms with van der Waals surface area (Å²) < 4.78 is 1.89. The number of fused-ring (bicyclic) bond motifs is 1. The molecule has 0 spiro atoms. The summed E-state index contributed by atoms with van der Waals surface area (Å²) in [5.41, 5.74) is 4.99. The van der Waals surface area contributed by atoms with Crippen LogP contribution in [0.25, 0.3) is 5.69 Å².